The van der Waals surface area contributed by atoms with E-state index < -0.39 is 5.54 Å². The zero-order chi connectivity index (χ0) is 13.6. The Morgan fingerprint density at radius 1 is 1.56 bits per heavy atom. The van der Waals surface area contributed by atoms with Crippen molar-refractivity contribution >= 4 is 11.9 Å². The average molecular weight is 247 g/mol. The minimum Gasteiger partial charge on any atom is -0.300 e. The highest BCUT2D eigenvalue weighted by Gasteiger charge is 2.55. The Morgan fingerprint density at radius 3 is 2.78 bits per heavy atom. The smallest absolute Gasteiger partial charge is 0.300 e. The van der Waals surface area contributed by atoms with Crippen LogP contribution in [0.4, 0.5) is 4.79 Å². The number of amidine groups is 1. The summed E-state index contributed by atoms with van der Waals surface area (Å²) >= 11 is 0. The summed E-state index contributed by atoms with van der Waals surface area (Å²) in [5, 5.41) is 10.8. The molecule has 0 radical (unpaired) electrons. The predicted molar refractivity (Wildman–Crippen MR) is 71.3 cm³/mol. The zero-order valence-electron chi connectivity index (χ0n) is 11.3. The number of amides is 2. The Morgan fingerprint density at radius 2 is 2.22 bits per heavy atom. The van der Waals surface area contributed by atoms with Crippen LogP contribution in [0.1, 0.15) is 40.0 Å². The number of terminal acetylenes is 1. The molecule has 0 bridgehead atoms. The summed E-state index contributed by atoms with van der Waals surface area (Å²) in [6.07, 6.45) is 8.13. The summed E-state index contributed by atoms with van der Waals surface area (Å²) in [6.45, 7) is 6.87. The van der Waals surface area contributed by atoms with Gasteiger partial charge in [0.2, 0.25) is 0 Å². The molecule has 2 fully saturated rings. The number of nitrogens with one attached hydrogen (secondary N) is 2. The van der Waals surface area contributed by atoms with E-state index in [0.29, 0.717) is 11.8 Å². The van der Waals surface area contributed by atoms with Crippen molar-refractivity contribution in [2.75, 3.05) is 6.54 Å². The highest BCUT2D eigenvalue weighted by molar-refractivity contribution is 6.08. The molecule has 1 heterocycles. The first-order valence-electron chi connectivity index (χ1n) is 6.42. The summed E-state index contributed by atoms with van der Waals surface area (Å²) in [5.74, 6) is 3.35. The first kappa shape index (κ1) is 12.9. The molecule has 1 aliphatic carbocycles. The number of carbonyl (C=O) groups is 1. The maximum Gasteiger partial charge on any atom is 0.324 e. The van der Waals surface area contributed by atoms with E-state index in [1.165, 1.54) is 0 Å². The third kappa shape index (κ3) is 1.88. The van der Waals surface area contributed by atoms with E-state index in [1.807, 2.05) is 0 Å². The minimum atomic E-state index is -0.509. The molecule has 1 saturated heterocycles. The standard InChI is InChI=1S/C14H21N3O/c1-5-6-17-12(18)16-11(15)14(17)8-10(2)7-13(3,4)9-14/h1,10H,6-9H2,2-4H3,(H2,15,16,18). The molecule has 18 heavy (non-hydrogen) atoms. The van der Waals surface area contributed by atoms with Crippen molar-refractivity contribution in [3.63, 3.8) is 0 Å². The molecule has 0 aromatic heterocycles. The molecular weight excluding hydrogens is 226 g/mol. The lowest BCUT2D eigenvalue weighted by Crippen LogP contribution is -2.55. The molecule has 1 aliphatic heterocycles. The Bertz CT molecular complexity index is 435. The van der Waals surface area contributed by atoms with Gasteiger partial charge in [0.15, 0.2) is 0 Å². The second-order valence-corrected chi connectivity index (χ2v) is 6.48. The number of carbonyl (C=O) groups excluding carboxylic acids is 1. The predicted octanol–water partition coefficient (Wildman–Crippen LogP) is 2.21. The van der Waals surface area contributed by atoms with Gasteiger partial charge in [-0.25, -0.2) is 4.79 Å². The second kappa shape index (κ2) is 4.01. The number of hydrogen-bond acceptors (Lipinski definition) is 2. The van der Waals surface area contributed by atoms with E-state index in [4.69, 9.17) is 11.8 Å². The lowest BCUT2D eigenvalue weighted by molar-refractivity contribution is 0.0676. The van der Waals surface area contributed by atoms with E-state index in [2.05, 4.69) is 32.0 Å². The Kier molecular flexibility index (Phi) is 2.89. The fourth-order valence-corrected chi connectivity index (χ4v) is 3.86. The molecule has 4 nitrogen and oxygen atoms in total. The third-order valence-electron chi connectivity index (χ3n) is 4.07. The van der Waals surface area contributed by atoms with Gasteiger partial charge in [0.1, 0.15) is 11.4 Å². The Balaban J connectivity index is 2.40. The summed E-state index contributed by atoms with van der Waals surface area (Å²) in [4.78, 5) is 13.6. The monoisotopic (exact) mass is 247 g/mol. The van der Waals surface area contributed by atoms with E-state index in [0.717, 1.165) is 19.3 Å². The molecular formula is C14H21N3O. The first-order chi connectivity index (χ1) is 8.31. The van der Waals surface area contributed by atoms with Crippen LogP contribution in [0.3, 0.4) is 0 Å². The number of rotatable bonds is 1. The first-order valence-corrected chi connectivity index (χ1v) is 6.42. The summed E-state index contributed by atoms with van der Waals surface area (Å²) in [5.41, 5.74) is -0.381. The molecule has 1 spiro atoms. The van der Waals surface area contributed by atoms with Crippen molar-refractivity contribution < 1.29 is 4.79 Å². The average Bonchev–Trinajstić information content (AvgIpc) is 2.40. The third-order valence-corrected chi connectivity index (χ3v) is 4.07. The Labute approximate surface area is 109 Å². The van der Waals surface area contributed by atoms with Gasteiger partial charge in [0.05, 0.1) is 6.54 Å². The molecule has 1 saturated carbocycles. The maximum absolute atomic E-state index is 11.9. The second-order valence-electron chi connectivity index (χ2n) is 6.48. The lowest BCUT2D eigenvalue weighted by Gasteiger charge is -2.48. The quantitative estimate of drug-likeness (QED) is 0.686. The molecule has 2 aliphatic rings. The van der Waals surface area contributed by atoms with Crippen LogP contribution in [0.5, 0.6) is 0 Å². The zero-order valence-corrected chi connectivity index (χ0v) is 11.3. The molecule has 2 atom stereocenters. The molecule has 2 amide bonds. The fraction of sp³-hybridized carbons (Fsp3) is 0.714. The van der Waals surface area contributed by atoms with Crippen LogP contribution in [-0.2, 0) is 0 Å². The van der Waals surface area contributed by atoms with Crippen LogP contribution in [0.2, 0.25) is 0 Å². The van der Waals surface area contributed by atoms with Crippen molar-refractivity contribution in [3.8, 4) is 12.3 Å². The number of urea groups is 1. The van der Waals surface area contributed by atoms with Gasteiger partial charge in [-0.2, -0.15) is 0 Å². The van der Waals surface area contributed by atoms with Crippen molar-refractivity contribution in [2.24, 2.45) is 11.3 Å². The van der Waals surface area contributed by atoms with Crippen LogP contribution in [0.15, 0.2) is 0 Å². The van der Waals surface area contributed by atoms with E-state index in [1.54, 1.807) is 4.90 Å². The molecule has 2 unspecified atom stereocenters. The van der Waals surface area contributed by atoms with Crippen LogP contribution >= 0.6 is 0 Å². The lowest BCUT2D eigenvalue weighted by atomic mass is 9.63. The maximum atomic E-state index is 11.9. The summed E-state index contributed by atoms with van der Waals surface area (Å²) in [6, 6.07) is -0.220. The van der Waals surface area contributed by atoms with Crippen molar-refractivity contribution in [1.29, 1.82) is 5.41 Å². The summed E-state index contributed by atoms with van der Waals surface area (Å²) < 4.78 is 0. The SMILES string of the molecule is C#CCN1C(=O)NC(=N)C12CC(C)CC(C)(C)C2. The highest BCUT2D eigenvalue weighted by atomic mass is 16.2. The van der Waals surface area contributed by atoms with Gasteiger partial charge in [-0.15, -0.1) is 6.42 Å². The van der Waals surface area contributed by atoms with Gasteiger partial charge >= 0.3 is 6.03 Å². The van der Waals surface area contributed by atoms with Crippen molar-refractivity contribution in [2.45, 2.75) is 45.6 Å². The van der Waals surface area contributed by atoms with Gasteiger partial charge in [0.25, 0.3) is 0 Å². The van der Waals surface area contributed by atoms with Gasteiger partial charge in [0, 0.05) is 0 Å². The van der Waals surface area contributed by atoms with Crippen molar-refractivity contribution in [1.82, 2.24) is 10.2 Å². The Hall–Kier alpha value is -1.50. The minimum absolute atomic E-state index is 0.128. The molecule has 0 aromatic rings. The molecule has 2 N–H and O–H groups in total. The molecule has 4 heteroatoms. The molecule has 98 valence electrons. The molecule has 2 rings (SSSR count). The largest absolute Gasteiger partial charge is 0.324 e. The van der Waals surface area contributed by atoms with Gasteiger partial charge in [-0.1, -0.05) is 26.7 Å². The summed E-state index contributed by atoms with van der Waals surface area (Å²) in [7, 11) is 0. The van der Waals surface area contributed by atoms with Crippen molar-refractivity contribution in [3.05, 3.63) is 0 Å². The van der Waals surface area contributed by atoms with E-state index in [9.17, 15) is 4.79 Å². The van der Waals surface area contributed by atoms with Gasteiger partial charge in [-0.3, -0.25) is 10.7 Å². The number of nitrogens with zero attached hydrogens (tertiary/aromatic N) is 1. The van der Waals surface area contributed by atoms with Crippen LogP contribution in [0.25, 0.3) is 0 Å². The topological polar surface area (TPSA) is 56.2 Å². The van der Waals surface area contributed by atoms with Gasteiger partial charge in [-0.05, 0) is 30.6 Å². The van der Waals surface area contributed by atoms with Gasteiger partial charge < -0.3 is 4.90 Å². The van der Waals surface area contributed by atoms with Crippen LogP contribution < -0.4 is 5.32 Å². The molecule has 0 aromatic carbocycles. The van der Waals surface area contributed by atoms with E-state index in [-0.39, 0.29) is 18.0 Å². The van der Waals surface area contributed by atoms with Crippen LogP contribution in [0, 0.1) is 29.1 Å². The van der Waals surface area contributed by atoms with E-state index >= 15 is 0 Å². The highest BCUT2D eigenvalue weighted by Crippen LogP contribution is 2.48. The number of hydrogen-bond donors (Lipinski definition) is 2. The fourth-order valence-electron chi connectivity index (χ4n) is 3.86. The van der Waals surface area contributed by atoms with Crippen LogP contribution in [-0.4, -0.2) is 28.9 Å². The normalized spacial score (nSPS) is 34.6.